The van der Waals surface area contributed by atoms with Crippen molar-refractivity contribution in [3.8, 4) is 0 Å². The molecule has 0 aliphatic heterocycles. The van der Waals surface area contributed by atoms with E-state index >= 15 is 0 Å². The Balaban J connectivity index is 2.66. The maximum Gasteiger partial charge on any atom is 0.240 e. The van der Waals surface area contributed by atoms with E-state index in [9.17, 15) is 4.79 Å². The van der Waals surface area contributed by atoms with E-state index in [1.165, 1.54) is 12.8 Å². The summed E-state index contributed by atoms with van der Waals surface area (Å²) in [7, 11) is 4.08. The molecule has 1 amide bonds. The van der Waals surface area contributed by atoms with Crippen LogP contribution in [0.5, 0.6) is 0 Å². The molecule has 0 heterocycles. The molecule has 2 N–H and O–H groups in total. The van der Waals surface area contributed by atoms with Gasteiger partial charge in [-0.1, -0.05) is 26.7 Å². The summed E-state index contributed by atoms with van der Waals surface area (Å²) in [4.78, 5) is 16.6. The molecule has 4 heteroatoms. The molecule has 0 saturated heterocycles. The molecule has 1 aliphatic rings. The molecule has 0 aromatic carbocycles. The van der Waals surface area contributed by atoms with Crippen LogP contribution in [-0.4, -0.2) is 55.0 Å². The fraction of sp³-hybridized carbons (Fsp3) is 0.929. The molecule has 0 aromatic heterocycles. The average Bonchev–Trinajstić information content (AvgIpc) is 2.81. The summed E-state index contributed by atoms with van der Waals surface area (Å²) in [5.41, 5.74) is 6.03. The van der Waals surface area contributed by atoms with Crippen molar-refractivity contribution < 1.29 is 4.79 Å². The fourth-order valence-corrected chi connectivity index (χ4v) is 2.47. The van der Waals surface area contributed by atoms with E-state index in [0.29, 0.717) is 6.04 Å². The lowest BCUT2D eigenvalue weighted by molar-refractivity contribution is -0.136. The Bertz CT molecular complexity index is 260. The zero-order valence-corrected chi connectivity index (χ0v) is 12.4. The van der Waals surface area contributed by atoms with Gasteiger partial charge < -0.3 is 15.5 Å². The Morgan fingerprint density at radius 3 is 2.22 bits per heavy atom. The van der Waals surface area contributed by atoms with Crippen LogP contribution >= 0.6 is 0 Å². The zero-order valence-electron chi connectivity index (χ0n) is 12.4. The van der Waals surface area contributed by atoms with Gasteiger partial charge in [0.15, 0.2) is 0 Å². The summed E-state index contributed by atoms with van der Waals surface area (Å²) in [6.07, 6.45) is 4.77. The van der Waals surface area contributed by atoms with E-state index in [1.54, 1.807) is 0 Å². The lowest BCUT2D eigenvalue weighted by Crippen LogP contribution is -2.51. The van der Waals surface area contributed by atoms with Gasteiger partial charge in [0, 0.05) is 19.1 Å². The highest BCUT2D eigenvalue weighted by Gasteiger charge is 2.30. The minimum atomic E-state index is -0.354. The van der Waals surface area contributed by atoms with Gasteiger partial charge in [0.25, 0.3) is 0 Å². The van der Waals surface area contributed by atoms with E-state index in [4.69, 9.17) is 5.73 Å². The van der Waals surface area contributed by atoms with E-state index in [2.05, 4.69) is 4.90 Å². The number of hydrogen-bond acceptors (Lipinski definition) is 3. The third kappa shape index (κ3) is 4.25. The standard InChI is InChI=1S/C14H29N3O/c1-11(2)13(15)14(18)17(10-9-16(3)4)12-7-5-6-8-12/h11-13H,5-10,15H2,1-4H3/t13-/m0/s1. The van der Waals surface area contributed by atoms with Crippen molar-refractivity contribution in [1.29, 1.82) is 0 Å². The van der Waals surface area contributed by atoms with E-state index in [-0.39, 0.29) is 17.9 Å². The largest absolute Gasteiger partial charge is 0.337 e. The summed E-state index contributed by atoms with van der Waals surface area (Å²) in [6.45, 7) is 5.74. The van der Waals surface area contributed by atoms with Crippen LogP contribution in [0.25, 0.3) is 0 Å². The highest BCUT2D eigenvalue weighted by Crippen LogP contribution is 2.24. The number of hydrogen-bond donors (Lipinski definition) is 1. The average molecular weight is 255 g/mol. The van der Waals surface area contributed by atoms with Crippen LogP contribution < -0.4 is 5.73 Å². The number of nitrogens with two attached hydrogens (primary N) is 1. The number of nitrogens with zero attached hydrogens (tertiary/aromatic N) is 2. The van der Waals surface area contributed by atoms with Gasteiger partial charge in [-0.3, -0.25) is 4.79 Å². The Morgan fingerprint density at radius 1 is 1.22 bits per heavy atom. The molecule has 18 heavy (non-hydrogen) atoms. The summed E-state index contributed by atoms with van der Waals surface area (Å²) in [6, 6.07) is 0.0648. The molecular weight excluding hydrogens is 226 g/mol. The van der Waals surface area contributed by atoms with E-state index in [1.807, 2.05) is 32.8 Å². The lowest BCUT2D eigenvalue weighted by atomic mass is 10.0. The van der Waals surface area contributed by atoms with Crippen LogP contribution in [0.1, 0.15) is 39.5 Å². The van der Waals surface area contributed by atoms with Crippen molar-refractivity contribution in [3.63, 3.8) is 0 Å². The Hall–Kier alpha value is -0.610. The second-order valence-electron chi connectivity index (χ2n) is 6.04. The van der Waals surface area contributed by atoms with Gasteiger partial charge in [0.05, 0.1) is 6.04 Å². The van der Waals surface area contributed by atoms with Gasteiger partial charge in [0.1, 0.15) is 0 Å². The second-order valence-corrected chi connectivity index (χ2v) is 6.04. The maximum atomic E-state index is 12.5. The third-order valence-electron chi connectivity index (χ3n) is 3.84. The van der Waals surface area contributed by atoms with Gasteiger partial charge in [-0.2, -0.15) is 0 Å². The number of carbonyl (C=O) groups excluding carboxylic acids is 1. The Kier molecular flexibility index (Phi) is 6.09. The first kappa shape index (κ1) is 15.4. The first-order valence-electron chi connectivity index (χ1n) is 7.14. The third-order valence-corrected chi connectivity index (χ3v) is 3.84. The van der Waals surface area contributed by atoms with Crippen LogP contribution in [0.3, 0.4) is 0 Å². The fourth-order valence-electron chi connectivity index (χ4n) is 2.47. The quantitative estimate of drug-likeness (QED) is 0.778. The zero-order chi connectivity index (χ0) is 13.7. The van der Waals surface area contributed by atoms with Crippen LogP contribution in [0, 0.1) is 5.92 Å². The lowest BCUT2D eigenvalue weighted by Gasteiger charge is -2.33. The second kappa shape index (κ2) is 7.10. The van der Waals surface area contributed by atoms with Gasteiger partial charge in [0.2, 0.25) is 5.91 Å². The molecule has 1 saturated carbocycles. The van der Waals surface area contributed by atoms with Crippen LogP contribution in [0.4, 0.5) is 0 Å². The SMILES string of the molecule is CC(C)[C@H](N)C(=O)N(CCN(C)C)C1CCCC1. The highest BCUT2D eigenvalue weighted by atomic mass is 16.2. The molecule has 0 aromatic rings. The Labute approximate surface area is 111 Å². The van der Waals surface area contributed by atoms with Crippen molar-refractivity contribution in [2.45, 2.75) is 51.6 Å². The minimum Gasteiger partial charge on any atom is -0.337 e. The summed E-state index contributed by atoms with van der Waals surface area (Å²) >= 11 is 0. The molecule has 1 rings (SSSR count). The predicted octanol–water partition coefficient (Wildman–Crippen LogP) is 1.30. The van der Waals surface area contributed by atoms with Crippen LogP contribution in [0.15, 0.2) is 0 Å². The normalized spacial score (nSPS) is 18.6. The molecule has 0 radical (unpaired) electrons. The van der Waals surface area contributed by atoms with Crippen LogP contribution in [0.2, 0.25) is 0 Å². The van der Waals surface area contributed by atoms with Crippen molar-refractivity contribution in [2.75, 3.05) is 27.2 Å². The monoisotopic (exact) mass is 255 g/mol. The molecular formula is C14H29N3O. The molecule has 4 nitrogen and oxygen atoms in total. The first-order valence-corrected chi connectivity index (χ1v) is 7.14. The maximum absolute atomic E-state index is 12.5. The van der Waals surface area contributed by atoms with Gasteiger partial charge >= 0.3 is 0 Å². The number of amides is 1. The molecule has 0 spiro atoms. The molecule has 1 fully saturated rings. The van der Waals surface area contributed by atoms with Gasteiger partial charge in [-0.25, -0.2) is 0 Å². The Morgan fingerprint density at radius 2 is 1.78 bits per heavy atom. The molecule has 1 atom stereocenters. The molecule has 0 bridgehead atoms. The van der Waals surface area contributed by atoms with Gasteiger partial charge in [-0.05, 0) is 32.9 Å². The van der Waals surface area contributed by atoms with Crippen molar-refractivity contribution in [1.82, 2.24) is 9.80 Å². The smallest absolute Gasteiger partial charge is 0.240 e. The van der Waals surface area contributed by atoms with Crippen molar-refractivity contribution >= 4 is 5.91 Å². The summed E-state index contributed by atoms with van der Waals surface area (Å²) < 4.78 is 0. The number of carbonyl (C=O) groups is 1. The van der Waals surface area contributed by atoms with Gasteiger partial charge in [-0.15, -0.1) is 0 Å². The van der Waals surface area contributed by atoms with Crippen LogP contribution in [-0.2, 0) is 4.79 Å². The molecule has 0 unspecified atom stereocenters. The predicted molar refractivity (Wildman–Crippen MR) is 75.3 cm³/mol. The summed E-state index contributed by atoms with van der Waals surface area (Å²) in [5, 5.41) is 0. The highest BCUT2D eigenvalue weighted by molar-refractivity contribution is 5.82. The van der Waals surface area contributed by atoms with Crippen molar-refractivity contribution in [3.05, 3.63) is 0 Å². The number of rotatable bonds is 6. The first-order chi connectivity index (χ1) is 8.43. The van der Waals surface area contributed by atoms with Crippen molar-refractivity contribution in [2.24, 2.45) is 11.7 Å². The minimum absolute atomic E-state index is 0.138. The topological polar surface area (TPSA) is 49.6 Å². The number of likely N-dealkylation sites (N-methyl/N-ethyl adjacent to an activating group) is 1. The van der Waals surface area contributed by atoms with E-state index in [0.717, 1.165) is 25.9 Å². The van der Waals surface area contributed by atoms with E-state index < -0.39 is 0 Å². The summed E-state index contributed by atoms with van der Waals surface area (Å²) in [5.74, 6) is 0.347. The molecule has 1 aliphatic carbocycles. The molecule has 106 valence electrons.